The minimum absolute atomic E-state index is 0.111. The molecule has 3 aliphatic rings. The third-order valence-electron chi connectivity index (χ3n) is 7.01. The van der Waals surface area contributed by atoms with Gasteiger partial charge in [0.15, 0.2) is 17.9 Å². The normalized spacial score (nSPS) is 35.0. The van der Waals surface area contributed by atoms with Crippen molar-refractivity contribution in [1.29, 1.82) is 0 Å². The van der Waals surface area contributed by atoms with Gasteiger partial charge in [0.2, 0.25) is 6.29 Å². The Balaban J connectivity index is 1.33. The minimum Gasteiger partial charge on any atom is -0.462 e. The molecule has 0 amide bonds. The molecular weight excluding hydrogens is 504 g/mol. The van der Waals surface area contributed by atoms with E-state index in [1.807, 2.05) is 0 Å². The van der Waals surface area contributed by atoms with Crippen LogP contribution in [-0.4, -0.2) is 111 Å². The summed E-state index contributed by atoms with van der Waals surface area (Å²) in [5, 5.41) is 60.8. The predicted octanol–water partition coefficient (Wildman–Crippen LogP) is -1.59. The monoisotopic (exact) mass is 532 g/mol. The topological polar surface area (TPSA) is 192 Å². The first-order chi connectivity index (χ1) is 18.1. The second kappa shape index (κ2) is 10.4. The average Bonchev–Trinajstić information content (AvgIpc) is 2.91. The number of carbonyl (C=O) groups is 2. The summed E-state index contributed by atoms with van der Waals surface area (Å²) in [6.45, 7) is 0.895. The molecule has 9 atom stereocenters. The third kappa shape index (κ3) is 4.64. The van der Waals surface area contributed by atoms with Gasteiger partial charge in [-0.15, -0.1) is 0 Å². The van der Waals surface area contributed by atoms with Crippen molar-refractivity contribution < 1.29 is 59.2 Å². The largest absolute Gasteiger partial charge is 0.462 e. The zero-order chi connectivity index (χ0) is 27.3. The number of benzene rings is 2. The van der Waals surface area contributed by atoms with Crippen LogP contribution < -0.4 is 4.74 Å². The summed E-state index contributed by atoms with van der Waals surface area (Å²) in [6.07, 6.45) is -13.5. The molecule has 2 aromatic carbocycles. The highest BCUT2D eigenvalue weighted by Crippen LogP contribution is 2.34. The molecule has 1 aliphatic carbocycles. The van der Waals surface area contributed by atoms with E-state index in [-0.39, 0.29) is 40.6 Å². The molecule has 12 heteroatoms. The fourth-order valence-electron chi connectivity index (χ4n) is 4.75. The fraction of sp³-hybridized carbons (Fsp3) is 0.462. The molecule has 12 nitrogen and oxygen atoms in total. The van der Waals surface area contributed by atoms with E-state index in [2.05, 4.69) is 0 Å². The molecule has 0 aromatic heterocycles. The number of rotatable bonds is 5. The van der Waals surface area contributed by atoms with E-state index in [0.717, 1.165) is 0 Å². The van der Waals surface area contributed by atoms with Crippen LogP contribution in [0.15, 0.2) is 36.4 Å². The van der Waals surface area contributed by atoms with Crippen molar-refractivity contribution in [3.05, 3.63) is 64.2 Å². The van der Waals surface area contributed by atoms with E-state index in [4.69, 9.17) is 18.9 Å². The lowest BCUT2D eigenvalue weighted by Crippen LogP contribution is -2.61. The van der Waals surface area contributed by atoms with E-state index >= 15 is 0 Å². The van der Waals surface area contributed by atoms with E-state index in [0.29, 0.717) is 11.1 Å². The lowest BCUT2D eigenvalue weighted by atomic mass is 9.83. The maximum Gasteiger partial charge on any atom is 0.229 e. The zero-order valence-electron chi connectivity index (χ0n) is 20.2. The first-order valence-electron chi connectivity index (χ1n) is 12.0. The molecule has 38 heavy (non-hydrogen) atoms. The number of aliphatic hydroxyl groups excluding tert-OH is 6. The van der Waals surface area contributed by atoms with Crippen molar-refractivity contribution in [2.75, 3.05) is 13.2 Å². The van der Waals surface area contributed by atoms with Crippen molar-refractivity contribution in [3.63, 3.8) is 0 Å². The van der Waals surface area contributed by atoms with Crippen molar-refractivity contribution in [2.24, 2.45) is 0 Å². The average molecular weight is 532 g/mol. The summed E-state index contributed by atoms with van der Waals surface area (Å²) in [4.78, 5) is 26.0. The molecule has 2 saturated heterocycles. The molecule has 0 saturated carbocycles. The van der Waals surface area contributed by atoms with Gasteiger partial charge < -0.3 is 49.6 Å². The van der Waals surface area contributed by atoms with Crippen LogP contribution in [0, 0.1) is 6.92 Å². The highest BCUT2D eigenvalue weighted by atomic mass is 16.7. The lowest BCUT2D eigenvalue weighted by Gasteiger charge is -2.41. The Morgan fingerprint density at radius 1 is 0.789 bits per heavy atom. The highest BCUT2D eigenvalue weighted by Gasteiger charge is 2.46. The maximum absolute atomic E-state index is 13.1. The summed E-state index contributed by atoms with van der Waals surface area (Å²) in [5.41, 5.74) is 1.35. The first kappa shape index (κ1) is 26.8. The molecule has 6 N–H and O–H groups in total. The van der Waals surface area contributed by atoms with Crippen LogP contribution in [0.25, 0.3) is 0 Å². The Bertz CT molecular complexity index is 1230. The minimum atomic E-state index is -1.71. The second-order valence-electron chi connectivity index (χ2n) is 9.58. The highest BCUT2D eigenvalue weighted by molar-refractivity contribution is 6.28. The molecule has 2 aromatic rings. The van der Waals surface area contributed by atoms with Gasteiger partial charge in [0.1, 0.15) is 48.5 Å². The van der Waals surface area contributed by atoms with Gasteiger partial charge >= 0.3 is 0 Å². The Morgan fingerprint density at radius 2 is 1.39 bits per heavy atom. The number of ketones is 2. The van der Waals surface area contributed by atoms with Gasteiger partial charge in [-0.05, 0) is 24.6 Å². The van der Waals surface area contributed by atoms with Crippen LogP contribution in [0.5, 0.6) is 5.75 Å². The molecule has 204 valence electrons. The van der Waals surface area contributed by atoms with E-state index in [1.165, 1.54) is 12.1 Å². The fourth-order valence-corrected chi connectivity index (χ4v) is 4.75. The summed E-state index contributed by atoms with van der Waals surface area (Å²) in [7, 11) is 0. The standard InChI is InChI=1S/C26H28O12/c1-10-6-13-14(19(29)12-5-3-2-4-11(12)18(13)28)7-16(10)37-26-24(34)22(32)21(31)17(38-26)9-36-25-23(33)20(30)15(27)8-35-25/h2-7,15,17,20-27,30-34H,8-9H2,1H3/t15-,17-,20+,21-,22+,23-,24-,25+,26-/m1/s1. The number of fused-ring (bicyclic) bond motifs is 2. The molecule has 2 aliphatic heterocycles. The van der Waals surface area contributed by atoms with E-state index in [9.17, 15) is 40.2 Å². The number of hydrogen-bond acceptors (Lipinski definition) is 12. The number of carbonyl (C=O) groups excluding carboxylic acids is 2. The van der Waals surface area contributed by atoms with Crippen LogP contribution in [-0.2, 0) is 14.2 Å². The Hall–Kier alpha value is -2.78. The summed E-state index contributed by atoms with van der Waals surface area (Å²) in [6, 6.07) is 9.35. The summed E-state index contributed by atoms with van der Waals surface area (Å²) < 4.78 is 22.0. The molecule has 0 radical (unpaired) electrons. The second-order valence-corrected chi connectivity index (χ2v) is 9.58. The van der Waals surface area contributed by atoms with Gasteiger partial charge in [0.25, 0.3) is 0 Å². The molecule has 5 rings (SSSR count). The number of hydrogen-bond donors (Lipinski definition) is 6. The number of aliphatic hydroxyl groups is 6. The Morgan fingerprint density at radius 3 is 2.05 bits per heavy atom. The van der Waals surface area contributed by atoms with Crippen molar-refractivity contribution in [3.8, 4) is 5.75 Å². The van der Waals surface area contributed by atoms with Crippen LogP contribution in [0.1, 0.15) is 37.4 Å². The molecule has 2 fully saturated rings. The predicted molar refractivity (Wildman–Crippen MR) is 126 cm³/mol. The number of aryl methyl sites for hydroxylation is 1. The van der Waals surface area contributed by atoms with Crippen LogP contribution >= 0.6 is 0 Å². The molecule has 0 bridgehead atoms. The van der Waals surface area contributed by atoms with Crippen LogP contribution in [0.3, 0.4) is 0 Å². The SMILES string of the molecule is Cc1cc2c(cc1O[C@@H]1O[C@H](CO[C@@H]3OC[C@@H](O)[C@H](O)[C@H]3O)[C@@H](O)[C@H](O)[C@H]1O)C(=O)c1ccccc1C2=O. The summed E-state index contributed by atoms with van der Waals surface area (Å²) >= 11 is 0. The van der Waals surface area contributed by atoms with Crippen molar-refractivity contribution >= 4 is 11.6 Å². The van der Waals surface area contributed by atoms with Gasteiger partial charge in [-0.2, -0.15) is 0 Å². The quantitative estimate of drug-likeness (QED) is 0.221. The third-order valence-corrected chi connectivity index (χ3v) is 7.01. The lowest BCUT2D eigenvalue weighted by molar-refractivity contribution is -0.307. The number of ether oxygens (including phenoxy) is 4. The molecule has 0 unspecified atom stereocenters. The molecule has 0 spiro atoms. The van der Waals surface area contributed by atoms with Gasteiger partial charge in [-0.25, -0.2) is 0 Å². The van der Waals surface area contributed by atoms with Gasteiger partial charge in [-0.3, -0.25) is 9.59 Å². The van der Waals surface area contributed by atoms with Crippen molar-refractivity contribution in [1.82, 2.24) is 0 Å². The smallest absolute Gasteiger partial charge is 0.229 e. The van der Waals surface area contributed by atoms with Gasteiger partial charge in [0.05, 0.1) is 13.2 Å². The van der Waals surface area contributed by atoms with E-state index in [1.54, 1.807) is 31.2 Å². The summed E-state index contributed by atoms with van der Waals surface area (Å²) in [5.74, 6) is -0.565. The molecule has 2 heterocycles. The van der Waals surface area contributed by atoms with E-state index < -0.39 is 61.9 Å². The van der Waals surface area contributed by atoms with Crippen molar-refractivity contribution in [2.45, 2.75) is 62.2 Å². The maximum atomic E-state index is 13.1. The zero-order valence-corrected chi connectivity index (χ0v) is 20.2. The van der Waals surface area contributed by atoms with Crippen LogP contribution in [0.2, 0.25) is 0 Å². The van der Waals surface area contributed by atoms with Gasteiger partial charge in [0, 0.05) is 22.3 Å². The van der Waals surface area contributed by atoms with Gasteiger partial charge in [-0.1, -0.05) is 24.3 Å². The Kier molecular flexibility index (Phi) is 7.35. The van der Waals surface area contributed by atoms with Crippen LogP contribution in [0.4, 0.5) is 0 Å². The Labute approximate surface area is 216 Å². The first-order valence-corrected chi connectivity index (χ1v) is 12.0. The molecular formula is C26H28O12.